The van der Waals surface area contributed by atoms with Crippen LogP contribution in [0.2, 0.25) is 0 Å². The van der Waals surface area contributed by atoms with Gasteiger partial charge in [0.15, 0.2) is 5.82 Å². The van der Waals surface area contributed by atoms with Crippen LogP contribution in [0.4, 0.5) is 5.82 Å². The number of nitrogens with zero attached hydrogens (tertiary/aromatic N) is 3. The monoisotopic (exact) mass is 251 g/mol. The largest absolute Gasteiger partial charge is 0.395 e. The lowest BCUT2D eigenvalue weighted by atomic mass is 9.91. The molecule has 18 heavy (non-hydrogen) atoms. The molecule has 0 radical (unpaired) electrons. The first-order valence-corrected chi connectivity index (χ1v) is 6.59. The fourth-order valence-corrected chi connectivity index (χ4v) is 2.29. The first kappa shape index (κ1) is 13.1. The molecule has 1 aliphatic carbocycles. The van der Waals surface area contributed by atoms with Crippen LogP contribution in [0.5, 0.6) is 0 Å². The summed E-state index contributed by atoms with van der Waals surface area (Å²) >= 11 is 0. The summed E-state index contributed by atoms with van der Waals surface area (Å²) < 4.78 is 1.69. The topological polar surface area (TPSA) is 58.4 Å². The molecule has 1 heterocycles. The Morgan fingerprint density at radius 1 is 1.56 bits per heavy atom. The highest BCUT2D eigenvalue weighted by atomic mass is 16.3. The average molecular weight is 251 g/mol. The van der Waals surface area contributed by atoms with Crippen molar-refractivity contribution in [2.75, 3.05) is 18.1 Å². The molecule has 0 aliphatic heterocycles. The van der Waals surface area contributed by atoms with Gasteiger partial charge < -0.3 is 14.6 Å². The van der Waals surface area contributed by atoms with Gasteiger partial charge in [-0.3, -0.25) is 4.79 Å². The lowest BCUT2D eigenvalue weighted by molar-refractivity contribution is 0.282. The Morgan fingerprint density at radius 2 is 2.28 bits per heavy atom. The second-order valence-electron chi connectivity index (χ2n) is 5.06. The van der Waals surface area contributed by atoms with E-state index in [9.17, 15) is 4.79 Å². The van der Waals surface area contributed by atoms with Crippen LogP contribution in [0.25, 0.3) is 0 Å². The van der Waals surface area contributed by atoms with Gasteiger partial charge in [-0.1, -0.05) is 0 Å². The van der Waals surface area contributed by atoms with E-state index in [4.69, 9.17) is 5.11 Å². The molecule has 2 rings (SSSR count). The van der Waals surface area contributed by atoms with E-state index in [1.54, 1.807) is 17.0 Å². The third-order valence-corrected chi connectivity index (χ3v) is 3.53. The molecule has 100 valence electrons. The maximum Gasteiger partial charge on any atom is 0.293 e. The van der Waals surface area contributed by atoms with Crippen LogP contribution in [0.15, 0.2) is 17.2 Å². The summed E-state index contributed by atoms with van der Waals surface area (Å²) in [7, 11) is 0. The SMILES string of the molecule is CC(C)n1ccnc(N(CCO)C2CCC2)c1=O. The number of hydrogen-bond donors (Lipinski definition) is 1. The first-order valence-electron chi connectivity index (χ1n) is 6.59. The standard InChI is InChI=1S/C13H21N3O2/c1-10(2)15-7-6-14-12(13(15)18)16(8-9-17)11-4-3-5-11/h6-7,10-11,17H,3-5,8-9H2,1-2H3. The van der Waals surface area contributed by atoms with Gasteiger partial charge in [0.25, 0.3) is 5.56 Å². The van der Waals surface area contributed by atoms with Crippen molar-refractivity contribution in [3.8, 4) is 0 Å². The van der Waals surface area contributed by atoms with Crippen molar-refractivity contribution < 1.29 is 5.11 Å². The molecule has 0 aromatic carbocycles. The molecule has 1 aromatic heterocycles. The van der Waals surface area contributed by atoms with Crippen LogP contribution in [0.1, 0.15) is 39.2 Å². The van der Waals surface area contributed by atoms with E-state index in [1.165, 1.54) is 6.42 Å². The molecule has 1 saturated carbocycles. The van der Waals surface area contributed by atoms with Crippen molar-refractivity contribution in [2.24, 2.45) is 0 Å². The molecule has 0 saturated heterocycles. The molecule has 1 fully saturated rings. The highest BCUT2D eigenvalue weighted by Gasteiger charge is 2.27. The zero-order valence-corrected chi connectivity index (χ0v) is 11.0. The molecular formula is C13H21N3O2. The number of aliphatic hydroxyl groups is 1. The highest BCUT2D eigenvalue weighted by Crippen LogP contribution is 2.26. The van der Waals surface area contributed by atoms with E-state index in [2.05, 4.69) is 4.98 Å². The quantitative estimate of drug-likeness (QED) is 0.853. The minimum absolute atomic E-state index is 0.0498. The summed E-state index contributed by atoms with van der Waals surface area (Å²) in [6.45, 7) is 4.49. The van der Waals surface area contributed by atoms with Crippen LogP contribution in [0, 0.1) is 0 Å². The van der Waals surface area contributed by atoms with Crippen LogP contribution in [-0.4, -0.2) is 33.9 Å². The van der Waals surface area contributed by atoms with Crippen molar-refractivity contribution in [1.29, 1.82) is 0 Å². The Morgan fingerprint density at radius 3 is 2.78 bits per heavy atom. The second kappa shape index (κ2) is 5.52. The van der Waals surface area contributed by atoms with Crippen LogP contribution >= 0.6 is 0 Å². The molecule has 0 amide bonds. The van der Waals surface area contributed by atoms with Gasteiger partial charge in [-0.25, -0.2) is 4.98 Å². The highest BCUT2D eigenvalue weighted by molar-refractivity contribution is 5.38. The van der Waals surface area contributed by atoms with Crippen molar-refractivity contribution >= 4 is 5.82 Å². The van der Waals surface area contributed by atoms with Crippen molar-refractivity contribution in [1.82, 2.24) is 9.55 Å². The second-order valence-corrected chi connectivity index (χ2v) is 5.06. The minimum Gasteiger partial charge on any atom is -0.395 e. The van der Waals surface area contributed by atoms with E-state index in [0.717, 1.165) is 12.8 Å². The summed E-state index contributed by atoms with van der Waals surface area (Å²) in [5.41, 5.74) is -0.0622. The fourth-order valence-electron chi connectivity index (χ4n) is 2.29. The molecular weight excluding hydrogens is 230 g/mol. The summed E-state index contributed by atoms with van der Waals surface area (Å²) in [5.74, 6) is 0.477. The Bertz CT molecular complexity index is 452. The minimum atomic E-state index is -0.0622. The molecule has 1 aromatic rings. The summed E-state index contributed by atoms with van der Waals surface area (Å²) in [4.78, 5) is 18.5. The van der Waals surface area contributed by atoms with Crippen molar-refractivity contribution in [3.63, 3.8) is 0 Å². The van der Waals surface area contributed by atoms with E-state index in [-0.39, 0.29) is 18.2 Å². The normalized spacial score (nSPS) is 15.8. The van der Waals surface area contributed by atoms with Gasteiger partial charge in [0, 0.05) is 31.0 Å². The fraction of sp³-hybridized carbons (Fsp3) is 0.692. The van der Waals surface area contributed by atoms with E-state index >= 15 is 0 Å². The smallest absolute Gasteiger partial charge is 0.293 e. The van der Waals surface area contributed by atoms with Gasteiger partial charge in [-0.15, -0.1) is 0 Å². The molecule has 0 bridgehead atoms. The summed E-state index contributed by atoms with van der Waals surface area (Å²) in [6.07, 6.45) is 6.74. The summed E-state index contributed by atoms with van der Waals surface area (Å²) in [6, 6.07) is 0.483. The van der Waals surface area contributed by atoms with E-state index in [1.807, 2.05) is 18.7 Å². The van der Waals surface area contributed by atoms with Gasteiger partial charge >= 0.3 is 0 Å². The molecule has 5 nitrogen and oxygen atoms in total. The Kier molecular flexibility index (Phi) is 4.01. The molecule has 5 heteroatoms. The summed E-state index contributed by atoms with van der Waals surface area (Å²) in [5, 5.41) is 9.16. The molecule has 1 N–H and O–H groups in total. The average Bonchev–Trinajstić information content (AvgIpc) is 2.26. The molecule has 1 aliphatic rings. The Hall–Kier alpha value is -1.36. The molecule has 0 spiro atoms. The predicted octanol–water partition coefficient (Wildman–Crippen LogP) is 1.18. The van der Waals surface area contributed by atoms with E-state index < -0.39 is 0 Å². The predicted molar refractivity (Wildman–Crippen MR) is 71.0 cm³/mol. The van der Waals surface area contributed by atoms with Gasteiger partial charge in [0.05, 0.1) is 6.61 Å². The number of aromatic nitrogens is 2. The Balaban J connectivity index is 2.35. The van der Waals surface area contributed by atoms with E-state index in [0.29, 0.717) is 18.4 Å². The first-order chi connectivity index (χ1) is 8.65. The maximum absolute atomic E-state index is 12.3. The van der Waals surface area contributed by atoms with Crippen molar-refractivity contribution in [2.45, 2.75) is 45.2 Å². The van der Waals surface area contributed by atoms with Crippen LogP contribution < -0.4 is 10.5 Å². The van der Waals surface area contributed by atoms with Crippen LogP contribution in [-0.2, 0) is 0 Å². The lowest BCUT2D eigenvalue weighted by Gasteiger charge is -2.37. The maximum atomic E-state index is 12.3. The number of anilines is 1. The van der Waals surface area contributed by atoms with Gasteiger partial charge in [-0.05, 0) is 33.1 Å². The lowest BCUT2D eigenvalue weighted by Crippen LogP contribution is -2.45. The Labute approximate surface area is 107 Å². The zero-order valence-electron chi connectivity index (χ0n) is 11.0. The third kappa shape index (κ3) is 2.41. The third-order valence-electron chi connectivity index (χ3n) is 3.53. The van der Waals surface area contributed by atoms with Gasteiger partial charge in [0.1, 0.15) is 0 Å². The van der Waals surface area contributed by atoms with Crippen LogP contribution in [0.3, 0.4) is 0 Å². The van der Waals surface area contributed by atoms with Gasteiger partial charge in [0.2, 0.25) is 0 Å². The molecule has 0 atom stereocenters. The number of rotatable bonds is 5. The zero-order chi connectivity index (χ0) is 13.1. The molecule has 0 unspecified atom stereocenters. The van der Waals surface area contributed by atoms with Crippen molar-refractivity contribution in [3.05, 3.63) is 22.7 Å². The number of hydrogen-bond acceptors (Lipinski definition) is 4. The van der Waals surface area contributed by atoms with Gasteiger partial charge in [-0.2, -0.15) is 0 Å². The number of aliphatic hydroxyl groups excluding tert-OH is 1.